The van der Waals surface area contributed by atoms with Crippen LogP contribution in [0.1, 0.15) is 25.0 Å². The molecule has 1 aromatic carbocycles. The number of nitrogens with two attached hydrogens (primary N) is 1. The van der Waals surface area contributed by atoms with E-state index in [0.717, 1.165) is 5.56 Å². The number of carbonyl (C=O) groups excluding carboxylic acids is 1. The second-order valence-electron chi connectivity index (χ2n) is 3.95. The molecule has 0 radical (unpaired) electrons. The Morgan fingerprint density at radius 2 is 2.06 bits per heavy atom. The summed E-state index contributed by atoms with van der Waals surface area (Å²) in [5, 5.41) is 8.69. The summed E-state index contributed by atoms with van der Waals surface area (Å²) >= 11 is 0. The second-order valence-corrected chi connectivity index (χ2v) is 3.95. The Labute approximate surface area is 102 Å². The average molecular weight is 231 g/mol. The Hall–Kier alpha value is -1.86. The number of likely N-dealkylation sites (N-methyl/N-ethyl adjacent to an activating group) is 1. The normalized spacial score (nSPS) is 11.6. The second kappa shape index (κ2) is 6.02. The fraction of sp³-hybridized carbons (Fsp3) is 0.385. The molecule has 0 saturated heterocycles. The maximum Gasteiger partial charge on any atom is 0.239 e. The van der Waals surface area contributed by atoms with Crippen molar-refractivity contribution >= 4 is 5.91 Å². The van der Waals surface area contributed by atoms with Crippen molar-refractivity contribution in [2.24, 2.45) is 5.73 Å². The summed E-state index contributed by atoms with van der Waals surface area (Å²) < 4.78 is 0. The number of benzene rings is 1. The Kier molecular flexibility index (Phi) is 4.68. The van der Waals surface area contributed by atoms with Crippen LogP contribution in [-0.2, 0) is 11.3 Å². The van der Waals surface area contributed by atoms with E-state index in [4.69, 9.17) is 11.0 Å². The molecule has 0 heterocycles. The van der Waals surface area contributed by atoms with Crippen molar-refractivity contribution in [2.75, 3.05) is 6.54 Å². The summed E-state index contributed by atoms with van der Waals surface area (Å²) in [6.45, 7) is 4.76. The summed E-state index contributed by atoms with van der Waals surface area (Å²) in [5.41, 5.74) is 7.20. The molecule has 0 aliphatic rings. The van der Waals surface area contributed by atoms with Crippen molar-refractivity contribution in [2.45, 2.75) is 26.4 Å². The molecular formula is C13H17N3O. The minimum Gasteiger partial charge on any atom is -0.337 e. The van der Waals surface area contributed by atoms with Crippen LogP contribution in [-0.4, -0.2) is 23.4 Å². The maximum absolute atomic E-state index is 11.8. The van der Waals surface area contributed by atoms with E-state index in [-0.39, 0.29) is 5.91 Å². The van der Waals surface area contributed by atoms with E-state index < -0.39 is 6.04 Å². The van der Waals surface area contributed by atoms with Crippen molar-refractivity contribution < 1.29 is 4.79 Å². The molecule has 2 N–H and O–H groups in total. The van der Waals surface area contributed by atoms with E-state index in [0.29, 0.717) is 18.7 Å². The minimum absolute atomic E-state index is 0.0585. The molecule has 1 rings (SSSR count). The van der Waals surface area contributed by atoms with E-state index in [9.17, 15) is 4.79 Å². The van der Waals surface area contributed by atoms with E-state index >= 15 is 0 Å². The van der Waals surface area contributed by atoms with Gasteiger partial charge in [-0.1, -0.05) is 12.1 Å². The predicted octanol–water partition coefficient (Wildman–Crippen LogP) is 1.25. The van der Waals surface area contributed by atoms with Crippen LogP contribution >= 0.6 is 0 Å². The summed E-state index contributed by atoms with van der Waals surface area (Å²) in [7, 11) is 0. The molecule has 0 bridgehead atoms. The van der Waals surface area contributed by atoms with Gasteiger partial charge >= 0.3 is 0 Å². The first-order valence-corrected chi connectivity index (χ1v) is 5.62. The topological polar surface area (TPSA) is 70.1 Å². The van der Waals surface area contributed by atoms with Gasteiger partial charge in [0.1, 0.15) is 0 Å². The number of rotatable bonds is 4. The van der Waals surface area contributed by atoms with Crippen LogP contribution in [0.5, 0.6) is 0 Å². The molecule has 1 amide bonds. The van der Waals surface area contributed by atoms with Gasteiger partial charge in [-0.3, -0.25) is 4.79 Å². The van der Waals surface area contributed by atoms with E-state index in [1.54, 1.807) is 24.0 Å². The zero-order valence-corrected chi connectivity index (χ0v) is 10.2. The van der Waals surface area contributed by atoms with Gasteiger partial charge in [-0.2, -0.15) is 5.26 Å². The molecule has 0 spiro atoms. The molecule has 17 heavy (non-hydrogen) atoms. The Balaban J connectivity index is 2.74. The van der Waals surface area contributed by atoms with Gasteiger partial charge in [-0.25, -0.2) is 0 Å². The van der Waals surface area contributed by atoms with Gasteiger partial charge in [-0.15, -0.1) is 0 Å². The zero-order chi connectivity index (χ0) is 12.8. The lowest BCUT2D eigenvalue weighted by molar-refractivity contribution is -0.132. The standard InChI is InChI=1S/C13H17N3O/c1-3-16(13(17)10(2)15)9-12-6-4-11(8-14)5-7-12/h4-7,10H,3,9,15H2,1-2H3. The van der Waals surface area contributed by atoms with E-state index in [1.165, 1.54) is 0 Å². The molecule has 0 saturated carbocycles. The number of carbonyl (C=O) groups is 1. The van der Waals surface area contributed by atoms with Crippen molar-refractivity contribution in [3.05, 3.63) is 35.4 Å². The largest absolute Gasteiger partial charge is 0.337 e. The van der Waals surface area contributed by atoms with Gasteiger partial charge < -0.3 is 10.6 Å². The first-order chi connectivity index (χ1) is 8.08. The van der Waals surface area contributed by atoms with Crippen LogP contribution < -0.4 is 5.73 Å². The van der Waals surface area contributed by atoms with Crippen LogP contribution in [0.4, 0.5) is 0 Å². The highest BCUT2D eigenvalue weighted by Crippen LogP contribution is 2.07. The number of hydrogen-bond acceptors (Lipinski definition) is 3. The molecule has 90 valence electrons. The third-order valence-corrected chi connectivity index (χ3v) is 2.54. The minimum atomic E-state index is -0.478. The predicted molar refractivity (Wildman–Crippen MR) is 65.9 cm³/mol. The molecule has 4 heteroatoms. The quantitative estimate of drug-likeness (QED) is 0.847. The van der Waals surface area contributed by atoms with Crippen molar-refractivity contribution in [3.8, 4) is 6.07 Å². The summed E-state index contributed by atoms with van der Waals surface area (Å²) in [6.07, 6.45) is 0. The van der Waals surface area contributed by atoms with Gasteiger partial charge in [-0.05, 0) is 31.5 Å². The third-order valence-electron chi connectivity index (χ3n) is 2.54. The highest BCUT2D eigenvalue weighted by molar-refractivity contribution is 5.81. The molecule has 0 aliphatic carbocycles. The van der Waals surface area contributed by atoms with Gasteiger partial charge in [0.15, 0.2) is 0 Å². The highest BCUT2D eigenvalue weighted by atomic mass is 16.2. The Morgan fingerprint density at radius 3 is 2.47 bits per heavy atom. The fourth-order valence-electron chi connectivity index (χ4n) is 1.54. The summed E-state index contributed by atoms with van der Waals surface area (Å²) in [6, 6.07) is 8.80. The third kappa shape index (κ3) is 3.58. The molecule has 1 unspecified atom stereocenters. The van der Waals surface area contributed by atoms with Crippen molar-refractivity contribution in [1.29, 1.82) is 5.26 Å². The lowest BCUT2D eigenvalue weighted by Crippen LogP contribution is -2.41. The molecule has 0 aromatic heterocycles. The molecule has 4 nitrogen and oxygen atoms in total. The van der Waals surface area contributed by atoms with E-state index in [2.05, 4.69) is 6.07 Å². The number of hydrogen-bond donors (Lipinski definition) is 1. The lowest BCUT2D eigenvalue weighted by Gasteiger charge is -2.22. The molecular weight excluding hydrogens is 214 g/mol. The van der Waals surface area contributed by atoms with Crippen LogP contribution in [0.15, 0.2) is 24.3 Å². The van der Waals surface area contributed by atoms with Crippen LogP contribution in [0.2, 0.25) is 0 Å². The van der Waals surface area contributed by atoms with Gasteiger partial charge in [0.05, 0.1) is 17.7 Å². The van der Waals surface area contributed by atoms with Crippen molar-refractivity contribution in [3.63, 3.8) is 0 Å². The van der Waals surface area contributed by atoms with Gasteiger partial charge in [0.2, 0.25) is 5.91 Å². The summed E-state index contributed by atoms with van der Waals surface area (Å²) in [5.74, 6) is -0.0585. The molecule has 0 fully saturated rings. The zero-order valence-electron chi connectivity index (χ0n) is 10.2. The van der Waals surface area contributed by atoms with Gasteiger partial charge in [0.25, 0.3) is 0 Å². The number of amides is 1. The van der Waals surface area contributed by atoms with Gasteiger partial charge in [0, 0.05) is 13.1 Å². The van der Waals surface area contributed by atoms with Crippen LogP contribution in [0.25, 0.3) is 0 Å². The first kappa shape index (κ1) is 13.2. The SMILES string of the molecule is CCN(Cc1ccc(C#N)cc1)C(=O)C(C)N. The Morgan fingerprint density at radius 1 is 1.47 bits per heavy atom. The molecule has 1 aromatic rings. The highest BCUT2D eigenvalue weighted by Gasteiger charge is 2.15. The smallest absolute Gasteiger partial charge is 0.239 e. The number of nitrogens with zero attached hydrogens (tertiary/aromatic N) is 2. The maximum atomic E-state index is 11.8. The monoisotopic (exact) mass is 231 g/mol. The van der Waals surface area contributed by atoms with Crippen LogP contribution in [0, 0.1) is 11.3 Å². The first-order valence-electron chi connectivity index (χ1n) is 5.62. The lowest BCUT2D eigenvalue weighted by atomic mass is 10.1. The molecule has 1 atom stereocenters. The Bertz CT molecular complexity index is 417. The summed E-state index contributed by atoms with van der Waals surface area (Å²) in [4.78, 5) is 13.5. The van der Waals surface area contributed by atoms with Crippen LogP contribution in [0.3, 0.4) is 0 Å². The number of nitriles is 1. The average Bonchev–Trinajstić information content (AvgIpc) is 2.35. The van der Waals surface area contributed by atoms with E-state index in [1.807, 2.05) is 19.1 Å². The van der Waals surface area contributed by atoms with Crippen molar-refractivity contribution in [1.82, 2.24) is 4.90 Å². The fourth-order valence-corrected chi connectivity index (χ4v) is 1.54. The molecule has 0 aliphatic heterocycles.